The van der Waals surface area contributed by atoms with Crippen LogP contribution in [0.15, 0.2) is 0 Å². The lowest BCUT2D eigenvalue weighted by molar-refractivity contribution is -0.180. The van der Waals surface area contributed by atoms with Crippen LogP contribution >= 0.6 is 0 Å². The average Bonchev–Trinajstić information content (AvgIpc) is 2.47. The zero-order valence-corrected chi connectivity index (χ0v) is 7.78. The van der Waals surface area contributed by atoms with E-state index in [1.165, 1.54) is 7.11 Å². The van der Waals surface area contributed by atoms with E-state index in [1.54, 1.807) is 6.92 Å². The van der Waals surface area contributed by atoms with Crippen LogP contribution in [0, 0.1) is 0 Å². The SMILES string of the molecule is C.COC(=O)CC1(C)OCC(CO)O1. The number of aliphatic hydroxyl groups excluding tert-OH is 1. The van der Waals surface area contributed by atoms with E-state index in [2.05, 4.69) is 4.74 Å². The van der Waals surface area contributed by atoms with Crippen LogP contribution in [0.4, 0.5) is 0 Å². The highest BCUT2D eigenvalue weighted by atomic mass is 16.7. The molecule has 14 heavy (non-hydrogen) atoms. The second kappa shape index (κ2) is 5.29. The van der Waals surface area contributed by atoms with Crippen LogP contribution in [0.3, 0.4) is 0 Å². The first-order valence-electron chi connectivity index (χ1n) is 4.09. The van der Waals surface area contributed by atoms with Gasteiger partial charge in [0.15, 0.2) is 5.79 Å². The predicted molar refractivity (Wildman–Crippen MR) is 49.7 cm³/mol. The molecule has 0 amide bonds. The zero-order valence-electron chi connectivity index (χ0n) is 7.78. The summed E-state index contributed by atoms with van der Waals surface area (Å²) in [7, 11) is 1.31. The van der Waals surface area contributed by atoms with E-state index in [-0.39, 0.29) is 32.5 Å². The third-order valence-electron chi connectivity index (χ3n) is 1.89. The van der Waals surface area contributed by atoms with Crippen molar-refractivity contribution in [2.24, 2.45) is 0 Å². The molecule has 0 bridgehead atoms. The van der Waals surface area contributed by atoms with Crippen molar-refractivity contribution in [2.75, 3.05) is 20.3 Å². The minimum Gasteiger partial charge on any atom is -0.469 e. The lowest BCUT2D eigenvalue weighted by Gasteiger charge is -2.21. The van der Waals surface area contributed by atoms with Crippen LogP contribution in [0.5, 0.6) is 0 Å². The van der Waals surface area contributed by atoms with E-state index in [1.807, 2.05) is 0 Å². The fraction of sp³-hybridized carbons (Fsp3) is 0.889. The molecule has 1 heterocycles. The second-order valence-corrected chi connectivity index (χ2v) is 3.12. The normalized spacial score (nSPS) is 30.9. The van der Waals surface area contributed by atoms with Gasteiger partial charge in [-0.2, -0.15) is 0 Å². The highest BCUT2D eigenvalue weighted by Crippen LogP contribution is 2.26. The van der Waals surface area contributed by atoms with Crippen molar-refractivity contribution >= 4 is 5.97 Å². The standard InChI is InChI=1S/C8H14O5.CH4/c1-8(3-7(10)11-2)12-5-6(4-9)13-8;/h6,9H,3-5H2,1-2H3;1H4. The Kier molecular flexibility index (Phi) is 5.04. The number of methoxy groups -OCH3 is 1. The number of esters is 1. The van der Waals surface area contributed by atoms with Gasteiger partial charge in [-0.3, -0.25) is 4.79 Å². The molecule has 1 aliphatic rings. The lowest BCUT2D eigenvalue weighted by Crippen LogP contribution is -2.31. The molecule has 0 aromatic carbocycles. The lowest BCUT2D eigenvalue weighted by atomic mass is 10.2. The molecule has 1 aliphatic heterocycles. The number of hydrogen-bond donors (Lipinski definition) is 1. The van der Waals surface area contributed by atoms with Crippen LogP contribution in [-0.4, -0.2) is 43.3 Å². The monoisotopic (exact) mass is 206 g/mol. The number of ether oxygens (including phenoxy) is 3. The van der Waals surface area contributed by atoms with Crippen LogP contribution in [-0.2, 0) is 19.0 Å². The number of carbonyl (C=O) groups excluding carboxylic acids is 1. The molecule has 0 aliphatic carbocycles. The molecular formula is C9H18O5. The third kappa shape index (κ3) is 3.25. The smallest absolute Gasteiger partial charge is 0.310 e. The first kappa shape index (κ1) is 13.4. The van der Waals surface area contributed by atoms with Gasteiger partial charge in [-0.25, -0.2) is 0 Å². The van der Waals surface area contributed by atoms with Crippen molar-refractivity contribution in [1.82, 2.24) is 0 Å². The van der Waals surface area contributed by atoms with E-state index >= 15 is 0 Å². The molecule has 0 saturated carbocycles. The topological polar surface area (TPSA) is 65.0 Å². The highest BCUT2D eigenvalue weighted by molar-refractivity contribution is 5.70. The van der Waals surface area contributed by atoms with Crippen molar-refractivity contribution in [1.29, 1.82) is 0 Å². The molecule has 0 radical (unpaired) electrons. The van der Waals surface area contributed by atoms with Crippen LogP contribution in [0.25, 0.3) is 0 Å². The Morgan fingerprint density at radius 1 is 1.71 bits per heavy atom. The molecule has 5 heteroatoms. The Hall–Kier alpha value is -0.650. The maximum absolute atomic E-state index is 10.9. The van der Waals surface area contributed by atoms with Crippen molar-refractivity contribution < 1.29 is 24.1 Å². The van der Waals surface area contributed by atoms with Gasteiger partial charge in [0, 0.05) is 0 Å². The van der Waals surface area contributed by atoms with Gasteiger partial charge >= 0.3 is 5.97 Å². The summed E-state index contributed by atoms with van der Waals surface area (Å²) in [6.45, 7) is 1.86. The van der Waals surface area contributed by atoms with Crippen molar-refractivity contribution in [2.45, 2.75) is 32.7 Å². The Bertz CT molecular complexity index is 194. The largest absolute Gasteiger partial charge is 0.469 e. The van der Waals surface area contributed by atoms with E-state index in [9.17, 15) is 4.79 Å². The molecule has 5 nitrogen and oxygen atoms in total. The summed E-state index contributed by atoms with van der Waals surface area (Å²) in [6, 6.07) is 0. The summed E-state index contributed by atoms with van der Waals surface area (Å²) in [5, 5.41) is 8.77. The summed E-state index contributed by atoms with van der Waals surface area (Å²) >= 11 is 0. The minimum absolute atomic E-state index is 0. The van der Waals surface area contributed by atoms with Gasteiger partial charge in [-0.1, -0.05) is 7.43 Å². The number of hydrogen-bond acceptors (Lipinski definition) is 5. The summed E-state index contributed by atoms with van der Waals surface area (Å²) in [4.78, 5) is 10.9. The molecule has 1 saturated heterocycles. The number of rotatable bonds is 3. The average molecular weight is 206 g/mol. The van der Waals surface area contributed by atoms with Gasteiger partial charge in [0.25, 0.3) is 0 Å². The van der Waals surface area contributed by atoms with Crippen LogP contribution in [0.2, 0.25) is 0 Å². The first-order chi connectivity index (χ1) is 6.09. The van der Waals surface area contributed by atoms with E-state index in [4.69, 9.17) is 14.6 Å². The molecule has 1 rings (SSSR count). The molecule has 0 spiro atoms. The molecule has 84 valence electrons. The Labute approximate surface area is 84.0 Å². The summed E-state index contributed by atoms with van der Waals surface area (Å²) in [5.74, 6) is -1.33. The van der Waals surface area contributed by atoms with E-state index in [0.717, 1.165) is 0 Å². The van der Waals surface area contributed by atoms with Gasteiger partial charge in [-0.15, -0.1) is 0 Å². The molecule has 1 N–H and O–H groups in total. The van der Waals surface area contributed by atoms with Crippen molar-refractivity contribution in [3.05, 3.63) is 0 Å². The quantitative estimate of drug-likeness (QED) is 0.673. The van der Waals surface area contributed by atoms with Gasteiger partial charge in [0.2, 0.25) is 0 Å². The van der Waals surface area contributed by atoms with Crippen LogP contribution in [0.1, 0.15) is 20.8 Å². The minimum atomic E-state index is -0.944. The number of carbonyl (C=O) groups is 1. The molecule has 1 fully saturated rings. The van der Waals surface area contributed by atoms with Crippen LogP contribution < -0.4 is 0 Å². The Balaban J connectivity index is 0.00000169. The zero-order chi connectivity index (χ0) is 9.90. The van der Waals surface area contributed by atoms with Gasteiger partial charge in [0.1, 0.15) is 6.10 Å². The third-order valence-corrected chi connectivity index (χ3v) is 1.89. The molecule has 2 unspecified atom stereocenters. The molecular weight excluding hydrogens is 188 g/mol. The summed E-state index contributed by atoms with van der Waals surface area (Å²) in [6.07, 6.45) is -0.297. The summed E-state index contributed by atoms with van der Waals surface area (Å²) < 4.78 is 15.0. The Morgan fingerprint density at radius 3 is 2.79 bits per heavy atom. The fourth-order valence-electron chi connectivity index (χ4n) is 1.21. The van der Waals surface area contributed by atoms with Crippen molar-refractivity contribution in [3.8, 4) is 0 Å². The van der Waals surface area contributed by atoms with Crippen molar-refractivity contribution in [3.63, 3.8) is 0 Å². The molecule has 0 aromatic rings. The van der Waals surface area contributed by atoms with Gasteiger partial charge in [0.05, 0.1) is 26.7 Å². The first-order valence-corrected chi connectivity index (χ1v) is 4.09. The number of aliphatic hydroxyl groups is 1. The summed E-state index contributed by atoms with van der Waals surface area (Å²) in [5.41, 5.74) is 0. The highest BCUT2D eigenvalue weighted by Gasteiger charge is 2.39. The maximum Gasteiger partial charge on any atom is 0.310 e. The molecule has 0 aromatic heterocycles. The Morgan fingerprint density at radius 2 is 2.36 bits per heavy atom. The second-order valence-electron chi connectivity index (χ2n) is 3.12. The van der Waals surface area contributed by atoms with E-state index in [0.29, 0.717) is 6.61 Å². The van der Waals surface area contributed by atoms with Gasteiger partial charge in [-0.05, 0) is 6.92 Å². The van der Waals surface area contributed by atoms with Gasteiger partial charge < -0.3 is 19.3 Å². The fourth-order valence-corrected chi connectivity index (χ4v) is 1.21. The van der Waals surface area contributed by atoms with E-state index < -0.39 is 5.79 Å². The predicted octanol–water partition coefficient (Wildman–Crippen LogP) is 0.310. The maximum atomic E-state index is 10.9. The molecule has 2 atom stereocenters.